The number of benzene rings is 2. The Hall–Kier alpha value is -2.35. The van der Waals surface area contributed by atoms with E-state index >= 15 is 0 Å². The molecule has 2 heterocycles. The minimum Gasteiger partial charge on any atom is -0.217 e. The van der Waals surface area contributed by atoms with Crippen molar-refractivity contribution in [3.63, 3.8) is 0 Å². The fourth-order valence-electron chi connectivity index (χ4n) is 7.92. The smallest absolute Gasteiger partial charge is 0.217 e. The van der Waals surface area contributed by atoms with Crippen LogP contribution in [0.5, 0.6) is 0 Å². The lowest BCUT2D eigenvalue weighted by molar-refractivity contribution is -0.761. The zero-order valence-corrected chi connectivity index (χ0v) is 20.0. The average Bonchev–Trinajstić information content (AvgIpc) is 3.51. The maximum Gasteiger partial charge on any atom is 0.259 e. The molecule has 1 unspecified atom stereocenters. The van der Waals surface area contributed by atoms with Crippen LogP contribution in [0.1, 0.15) is 80.4 Å². The molecule has 1 atom stereocenters. The monoisotopic (exact) mass is 425 g/mol. The fourth-order valence-corrected chi connectivity index (χ4v) is 7.92. The van der Waals surface area contributed by atoms with E-state index in [1.165, 1.54) is 91.8 Å². The Morgan fingerprint density at radius 1 is 0.750 bits per heavy atom. The highest BCUT2D eigenvalue weighted by Gasteiger charge is 2.60. The number of hydrogen-bond acceptors (Lipinski definition) is 0. The highest BCUT2D eigenvalue weighted by molar-refractivity contribution is 5.69. The van der Waals surface area contributed by atoms with Gasteiger partial charge < -0.3 is 0 Å². The van der Waals surface area contributed by atoms with Gasteiger partial charge in [-0.15, -0.1) is 0 Å². The van der Waals surface area contributed by atoms with E-state index < -0.39 is 0 Å². The lowest BCUT2D eigenvalue weighted by Crippen LogP contribution is -2.64. The van der Waals surface area contributed by atoms with Crippen molar-refractivity contribution < 1.29 is 4.57 Å². The molecule has 0 N–H and O–H groups in total. The van der Waals surface area contributed by atoms with Gasteiger partial charge in [0.2, 0.25) is 0 Å². The van der Waals surface area contributed by atoms with E-state index in [9.17, 15) is 0 Å². The molecule has 1 aromatic heterocycles. The summed E-state index contributed by atoms with van der Waals surface area (Å²) in [4.78, 5) is 0. The molecular formula is C30H37N2+. The summed E-state index contributed by atoms with van der Waals surface area (Å²) in [5, 5.41) is 0. The van der Waals surface area contributed by atoms with Gasteiger partial charge >= 0.3 is 0 Å². The summed E-state index contributed by atoms with van der Waals surface area (Å²) in [6.07, 6.45) is 12.5. The van der Waals surface area contributed by atoms with Crippen molar-refractivity contribution in [1.82, 2.24) is 4.57 Å². The van der Waals surface area contributed by atoms with Crippen molar-refractivity contribution in [2.45, 2.75) is 84.1 Å². The molecule has 0 radical (unpaired) electrons. The molecule has 3 aromatic rings. The second kappa shape index (κ2) is 7.61. The Labute approximate surface area is 193 Å². The molecule has 2 aliphatic carbocycles. The topological polar surface area (TPSA) is 8.81 Å². The first kappa shape index (κ1) is 20.3. The third kappa shape index (κ3) is 2.62. The first-order chi connectivity index (χ1) is 15.7. The van der Waals surface area contributed by atoms with Crippen LogP contribution in [-0.2, 0) is 5.54 Å². The van der Waals surface area contributed by atoms with E-state index in [0.29, 0.717) is 0 Å². The number of imidazole rings is 1. The molecule has 0 bridgehead atoms. The Morgan fingerprint density at radius 3 is 2.03 bits per heavy atom. The van der Waals surface area contributed by atoms with E-state index in [4.69, 9.17) is 0 Å². The first-order valence-electron chi connectivity index (χ1n) is 13.0. The van der Waals surface area contributed by atoms with E-state index in [1.54, 1.807) is 5.56 Å². The summed E-state index contributed by atoms with van der Waals surface area (Å²) in [6, 6.07) is 18.4. The molecule has 2 saturated carbocycles. The summed E-state index contributed by atoms with van der Waals surface area (Å²) < 4.78 is 5.43. The quantitative estimate of drug-likeness (QED) is 0.393. The summed E-state index contributed by atoms with van der Waals surface area (Å²) in [6.45, 7) is 7.00. The third-order valence-corrected chi connectivity index (χ3v) is 9.09. The molecule has 0 amide bonds. The molecule has 32 heavy (non-hydrogen) atoms. The summed E-state index contributed by atoms with van der Waals surface area (Å²) in [5.41, 5.74) is 8.84. The Morgan fingerprint density at radius 2 is 1.34 bits per heavy atom. The normalized spacial score (nSPS) is 23.5. The molecule has 1 aliphatic heterocycles. The first-order valence-corrected chi connectivity index (χ1v) is 13.0. The van der Waals surface area contributed by atoms with Gasteiger partial charge in [-0.2, -0.15) is 4.57 Å². The maximum atomic E-state index is 2.87. The van der Waals surface area contributed by atoms with Crippen LogP contribution in [0, 0.1) is 32.6 Å². The van der Waals surface area contributed by atoms with Gasteiger partial charge in [0.15, 0.2) is 11.4 Å². The van der Waals surface area contributed by atoms with E-state index in [2.05, 4.69) is 78.4 Å². The van der Waals surface area contributed by atoms with Crippen LogP contribution in [-0.4, -0.2) is 4.57 Å². The maximum absolute atomic E-state index is 2.87. The number of nitrogens with zero attached hydrogens (tertiary/aromatic N) is 2. The van der Waals surface area contributed by atoms with Crippen molar-refractivity contribution in [3.05, 3.63) is 71.2 Å². The van der Waals surface area contributed by atoms with E-state index in [0.717, 1.165) is 11.8 Å². The van der Waals surface area contributed by atoms with Crippen molar-refractivity contribution in [2.24, 2.45) is 11.8 Å². The molecule has 2 fully saturated rings. The minimum atomic E-state index is 0.131. The predicted molar refractivity (Wildman–Crippen MR) is 131 cm³/mol. The number of aryl methyl sites for hydroxylation is 1. The Bertz CT molecular complexity index is 1160. The van der Waals surface area contributed by atoms with Crippen LogP contribution in [0.15, 0.2) is 48.5 Å². The molecule has 2 aromatic carbocycles. The number of hydrogen-bond donors (Lipinski definition) is 0. The van der Waals surface area contributed by atoms with Gasteiger partial charge in [-0.1, -0.05) is 74.6 Å². The van der Waals surface area contributed by atoms with Gasteiger partial charge in [0.1, 0.15) is 11.2 Å². The third-order valence-electron chi connectivity index (χ3n) is 9.09. The number of para-hydroxylation sites is 1. The summed E-state index contributed by atoms with van der Waals surface area (Å²) in [5.74, 6) is 2.92. The van der Waals surface area contributed by atoms with E-state index in [-0.39, 0.29) is 5.54 Å². The van der Waals surface area contributed by atoms with Gasteiger partial charge in [0.05, 0.1) is 0 Å². The number of rotatable bonds is 3. The molecule has 0 spiro atoms. The summed E-state index contributed by atoms with van der Waals surface area (Å²) in [7, 11) is 0. The average molecular weight is 426 g/mol. The molecule has 2 heteroatoms. The standard InChI is InChI=1S/C30H37N2/c1-21-13-7-12-20-28(21)31-22(2)29-26-18-10-11-19-27(26)30(32(29)23(31)3,25-16-8-9-17-25)24-14-5-4-6-15-24/h7,10-13,18-20,24-25H,4-6,8-9,14-17H2,1-3H3/q+1. The van der Waals surface area contributed by atoms with Crippen LogP contribution in [0.4, 0.5) is 0 Å². The molecule has 2 nitrogen and oxygen atoms in total. The SMILES string of the molecule is Cc1ccccc1-n1c(C)c2[n+](c1C)C(C1CCCCC1)(C1CCCC1)c1ccccc1-2. The van der Waals surface area contributed by atoms with Crippen LogP contribution >= 0.6 is 0 Å². The molecule has 166 valence electrons. The molecule has 6 rings (SSSR count). The second-order valence-corrected chi connectivity index (χ2v) is 10.6. The molecule has 3 aliphatic rings. The lowest BCUT2D eigenvalue weighted by atomic mass is 9.64. The second-order valence-electron chi connectivity index (χ2n) is 10.6. The lowest BCUT2D eigenvalue weighted by Gasteiger charge is -2.43. The fraction of sp³-hybridized carbons (Fsp3) is 0.500. The number of aromatic nitrogens is 2. The Kier molecular flexibility index (Phi) is 4.82. The highest BCUT2D eigenvalue weighted by Crippen LogP contribution is 2.55. The van der Waals surface area contributed by atoms with Crippen LogP contribution < -0.4 is 4.57 Å². The minimum absolute atomic E-state index is 0.131. The van der Waals surface area contributed by atoms with E-state index in [1.807, 2.05) is 0 Å². The number of fused-ring (bicyclic) bond motifs is 3. The van der Waals surface area contributed by atoms with Crippen LogP contribution in [0.25, 0.3) is 16.9 Å². The van der Waals surface area contributed by atoms with Crippen molar-refractivity contribution >= 4 is 0 Å². The zero-order chi connectivity index (χ0) is 21.9. The van der Waals surface area contributed by atoms with Crippen LogP contribution in [0.3, 0.4) is 0 Å². The van der Waals surface area contributed by atoms with Gasteiger partial charge in [0, 0.05) is 36.8 Å². The van der Waals surface area contributed by atoms with Gasteiger partial charge in [-0.3, -0.25) is 0 Å². The Balaban J connectivity index is 1.69. The van der Waals surface area contributed by atoms with Crippen molar-refractivity contribution in [3.8, 4) is 16.9 Å². The largest absolute Gasteiger partial charge is 0.259 e. The summed E-state index contributed by atoms with van der Waals surface area (Å²) >= 11 is 0. The van der Waals surface area contributed by atoms with Gasteiger partial charge in [-0.25, -0.2) is 4.57 Å². The zero-order valence-electron chi connectivity index (χ0n) is 20.0. The van der Waals surface area contributed by atoms with Crippen LogP contribution in [0.2, 0.25) is 0 Å². The van der Waals surface area contributed by atoms with Crippen molar-refractivity contribution in [2.75, 3.05) is 0 Å². The molecule has 0 saturated heterocycles. The van der Waals surface area contributed by atoms with Crippen molar-refractivity contribution in [1.29, 1.82) is 0 Å². The van der Waals surface area contributed by atoms with Gasteiger partial charge in [0.25, 0.3) is 5.82 Å². The highest BCUT2D eigenvalue weighted by atomic mass is 15.2. The van der Waals surface area contributed by atoms with Gasteiger partial charge in [-0.05, 0) is 44.2 Å². The predicted octanol–water partition coefficient (Wildman–Crippen LogP) is 7.18. The molecular weight excluding hydrogens is 388 g/mol.